The lowest BCUT2D eigenvalue weighted by Gasteiger charge is -2.19. The minimum atomic E-state index is -4.47. The van der Waals surface area contributed by atoms with Crippen LogP contribution in [0.3, 0.4) is 0 Å². The van der Waals surface area contributed by atoms with Gasteiger partial charge in [0.05, 0.1) is 5.56 Å². The molecule has 1 amide bonds. The van der Waals surface area contributed by atoms with Crippen molar-refractivity contribution in [3.8, 4) is 0 Å². The number of amidine groups is 1. The number of anilines is 2. The molecule has 0 aliphatic carbocycles. The monoisotopic (exact) mass is 541 g/mol. The summed E-state index contributed by atoms with van der Waals surface area (Å²) in [7, 11) is 3.87. The summed E-state index contributed by atoms with van der Waals surface area (Å²) in [5.74, 6) is -0.0574. The van der Waals surface area contributed by atoms with E-state index in [1.165, 1.54) is 18.3 Å². The number of nitrogens with two attached hydrogens (primary N) is 2. The summed E-state index contributed by atoms with van der Waals surface area (Å²) in [4.78, 5) is 27.7. The normalized spacial score (nSPS) is 15.9. The molecule has 2 aromatic rings. The highest BCUT2D eigenvalue weighted by Gasteiger charge is 2.30. The largest absolute Gasteiger partial charge is 0.416 e. The highest BCUT2D eigenvalue weighted by Crippen LogP contribution is 2.30. The summed E-state index contributed by atoms with van der Waals surface area (Å²) in [6.07, 6.45) is -3.17. The molecule has 7 N–H and O–H groups in total. The Balaban J connectivity index is 1.85. The lowest BCUT2D eigenvalue weighted by atomic mass is 10.1. The van der Waals surface area contributed by atoms with E-state index >= 15 is 0 Å². The number of rotatable bonds is 8. The Morgan fingerprint density at radius 2 is 1.82 bits per heavy atom. The van der Waals surface area contributed by atoms with Gasteiger partial charge >= 0.3 is 6.18 Å². The maximum atomic E-state index is 12.8. The van der Waals surface area contributed by atoms with Crippen LogP contribution in [0.1, 0.15) is 21.5 Å². The van der Waals surface area contributed by atoms with Gasteiger partial charge in [0.2, 0.25) is 5.96 Å². The van der Waals surface area contributed by atoms with Gasteiger partial charge in [0.1, 0.15) is 17.2 Å². The summed E-state index contributed by atoms with van der Waals surface area (Å²) in [6.45, 7) is 6.70. The second kappa shape index (κ2) is 12.3. The fourth-order valence-electron chi connectivity index (χ4n) is 3.40. The molecule has 39 heavy (non-hydrogen) atoms. The number of likely N-dealkylation sites (N-methyl/N-ethyl adjacent to an activating group) is 1. The van der Waals surface area contributed by atoms with Crippen molar-refractivity contribution in [1.82, 2.24) is 10.2 Å². The molecular weight excluding hydrogens is 511 g/mol. The number of hydrogen-bond acceptors (Lipinski definition) is 9. The minimum absolute atomic E-state index is 0.0957. The Labute approximate surface area is 224 Å². The van der Waals surface area contributed by atoms with Crippen LogP contribution in [-0.2, 0) is 6.18 Å². The first-order chi connectivity index (χ1) is 18.4. The highest BCUT2D eigenvalue weighted by atomic mass is 19.4. The molecule has 0 aromatic heterocycles. The average Bonchev–Trinajstić information content (AvgIpc) is 2.86. The molecule has 0 saturated heterocycles. The van der Waals surface area contributed by atoms with Crippen LogP contribution >= 0.6 is 0 Å². The van der Waals surface area contributed by atoms with Gasteiger partial charge in [-0.2, -0.15) is 18.2 Å². The number of nitrogens with zero attached hydrogens (tertiary/aromatic N) is 4. The third-order valence-corrected chi connectivity index (χ3v) is 5.47. The molecule has 1 aliphatic heterocycles. The first-order valence-electron chi connectivity index (χ1n) is 11.8. The Morgan fingerprint density at radius 1 is 1.13 bits per heavy atom. The fraction of sp³-hybridized carbons (Fsp3) is 0.231. The zero-order valence-corrected chi connectivity index (χ0v) is 21.7. The van der Waals surface area contributed by atoms with Crippen molar-refractivity contribution < 1.29 is 18.0 Å². The van der Waals surface area contributed by atoms with Gasteiger partial charge in [-0.05, 0) is 63.0 Å². The van der Waals surface area contributed by atoms with Gasteiger partial charge in [-0.25, -0.2) is 4.99 Å². The van der Waals surface area contributed by atoms with E-state index in [2.05, 4.69) is 37.5 Å². The first kappa shape index (κ1) is 28.9. The Hall–Kier alpha value is -4.65. The van der Waals surface area contributed by atoms with Crippen LogP contribution < -0.4 is 27.4 Å². The number of hydrogen-bond donors (Lipinski definition) is 5. The molecule has 1 heterocycles. The predicted octanol–water partition coefficient (Wildman–Crippen LogP) is 3.27. The molecule has 0 bridgehead atoms. The maximum Gasteiger partial charge on any atom is 0.416 e. The number of guanidine groups is 1. The van der Waals surface area contributed by atoms with Crippen molar-refractivity contribution >= 4 is 34.8 Å². The van der Waals surface area contributed by atoms with E-state index in [-0.39, 0.29) is 40.3 Å². The van der Waals surface area contributed by atoms with Gasteiger partial charge in [-0.1, -0.05) is 12.6 Å². The van der Waals surface area contributed by atoms with E-state index < -0.39 is 17.6 Å². The average molecular weight is 542 g/mol. The third kappa shape index (κ3) is 7.68. The number of carbonyl (C=O) groups excluding carboxylic acids is 1. The number of aliphatic imine (C=N–C) groups is 3. The van der Waals surface area contributed by atoms with E-state index in [1.54, 1.807) is 18.2 Å². The second-order valence-corrected chi connectivity index (χ2v) is 8.77. The molecule has 0 radical (unpaired) electrons. The van der Waals surface area contributed by atoms with Crippen molar-refractivity contribution in [1.29, 1.82) is 0 Å². The number of halogens is 3. The van der Waals surface area contributed by atoms with E-state index in [4.69, 9.17) is 11.5 Å². The van der Waals surface area contributed by atoms with Crippen LogP contribution in [0.25, 0.3) is 0 Å². The van der Waals surface area contributed by atoms with Gasteiger partial charge in [0, 0.05) is 36.2 Å². The van der Waals surface area contributed by atoms with E-state index in [0.29, 0.717) is 12.2 Å². The summed E-state index contributed by atoms with van der Waals surface area (Å²) >= 11 is 0. The van der Waals surface area contributed by atoms with Crippen molar-refractivity contribution in [3.63, 3.8) is 0 Å². The lowest BCUT2D eigenvalue weighted by Crippen LogP contribution is -2.38. The molecule has 0 unspecified atom stereocenters. The summed E-state index contributed by atoms with van der Waals surface area (Å²) < 4.78 is 38.4. The summed E-state index contributed by atoms with van der Waals surface area (Å²) in [6, 6.07) is 9.03. The van der Waals surface area contributed by atoms with Gasteiger partial charge in [-0.15, -0.1) is 0 Å². The van der Waals surface area contributed by atoms with Crippen LogP contribution in [0.5, 0.6) is 0 Å². The molecular formula is C26H30F3N9O. The van der Waals surface area contributed by atoms with E-state index in [1.807, 2.05) is 25.9 Å². The first-order valence-corrected chi connectivity index (χ1v) is 11.8. The third-order valence-electron chi connectivity index (χ3n) is 5.47. The van der Waals surface area contributed by atoms with Crippen LogP contribution in [0.15, 0.2) is 81.7 Å². The Morgan fingerprint density at radius 3 is 2.44 bits per heavy atom. The van der Waals surface area contributed by atoms with Gasteiger partial charge in [0.25, 0.3) is 5.91 Å². The molecule has 0 spiro atoms. The predicted molar refractivity (Wildman–Crippen MR) is 149 cm³/mol. The molecule has 0 atom stereocenters. The molecule has 0 saturated carbocycles. The smallest absolute Gasteiger partial charge is 0.383 e. The van der Waals surface area contributed by atoms with Crippen LogP contribution in [0.2, 0.25) is 0 Å². The molecule has 1 aliphatic rings. The van der Waals surface area contributed by atoms with E-state index in [0.717, 1.165) is 24.2 Å². The van der Waals surface area contributed by atoms with Crippen LogP contribution in [0, 0.1) is 6.92 Å². The van der Waals surface area contributed by atoms with Gasteiger partial charge in [0.15, 0.2) is 5.84 Å². The number of aryl methyl sites for hydroxylation is 1. The molecule has 10 nitrogen and oxygen atoms in total. The zero-order valence-electron chi connectivity index (χ0n) is 21.7. The Kier molecular flexibility index (Phi) is 9.09. The van der Waals surface area contributed by atoms with Crippen molar-refractivity contribution in [2.75, 3.05) is 37.8 Å². The number of amides is 1. The molecule has 0 fully saturated rings. The van der Waals surface area contributed by atoms with Gasteiger partial charge in [-0.3, -0.25) is 9.79 Å². The minimum Gasteiger partial charge on any atom is -0.383 e. The van der Waals surface area contributed by atoms with Crippen LogP contribution in [0.4, 0.5) is 24.5 Å². The van der Waals surface area contributed by atoms with E-state index in [9.17, 15) is 18.0 Å². The number of benzene rings is 2. The van der Waals surface area contributed by atoms with Crippen molar-refractivity contribution in [3.05, 3.63) is 83.5 Å². The maximum absolute atomic E-state index is 12.8. The molecule has 206 valence electrons. The van der Waals surface area contributed by atoms with Crippen molar-refractivity contribution in [2.24, 2.45) is 26.4 Å². The van der Waals surface area contributed by atoms with Crippen LogP contribution in [-0.4, -0.2) is 55.5 Å². The molecule has 2 aromatic carbocycles. The molecule has 3 rings (SSSR count). The van der Waals surface area contributed by atoms with Crippen molar-refractivity contribution in [2.45, 2.75) is 13.1 Å². The van der Waals surface area contributed by atoms with Gasteiger partial charge < -0.3 is 32.3 Å². The zero-order chi connectivity index (χ0) is 28.7. The highest BCUT2D eigenvalue weighted by molar-refractivity contribution is 6.49. The number of carbonyl (C=O) groups is 1. The second-order valence-electron chi connectivity index (χ2n) is 8.77. The molecule has 13 heteroatoms. The lowest BCUT2D eigenvalue weighted by molar-refractivity contribution is -0.137. The number of alkyl halides is 3. The summed E-state index contributed by atoms with van der Waals surface area (Å²) in [5, 5.41) is 8.73. The number of nitrogens with one attached hydrogen (secondary N) is 3. The summed E-state index contributed by atoms with van der Waals surface area (Å²) in [5.41, 5.74) is 13.9. The Bertz CT molecular complexity index is 1360. The fourth-order valence-corrected chi connectivity index (χ4v) is 3.40. The standard InChI is InChI=1S/C26H30F3N9O/c1-5-32-20-21(36-25(37-22(20)30)33-12-13-38(3)4)23(31)35-19-14-16(7-6-15(19)2)24(39)34-18-10-8-17(9-11-18)26(27,28)29/h5-11,14,35H,1,12-13,31H2,2-4H3,(H,34,39)(H3,30,33,36,37)/b23-21-,32-20+. The topological polar surface area (TPSA) is 146 Å². The quantitative estimate of drug-likeness (QED) is 0.347. The SMILES string of the molecule is C=C/N=C1/C(N)=NC(NCCN(C)C)=N/C1=C(/N)Nc1cc(C(=O)Nc2ccc(C(F)(F)F)cc2)ccc1C.